The van der Waals surface area contributed by atoms with Crippen LogP contribution in [0.15, 0.2) is 73.1 Å². The Labute approximate surface area is 196 Å². The van der Waals surface area contributed by atoms with Crippen LogP contribution in [0.3, 0.4) is 0 Å². The predicted octanol–water partition coefficient (Wildman–Crippen LogP) is 4.33. The normalized spacial score (nSPS) is 10.6. The van der Waals surface area contributed by atoms with Gasteiger partial charge in [-0.3, -0.25) is 14.9 Å². The molecule has 2 amide bonds. The third kappa shape index (κ3) is 5.12. The van der Waals surface area contributed by atoms with E-state index in [0.717, 1.165) is 27.7 Å². The molecule has 0 aliphatic rings. The molecular weight excluding hydrogens is 432 g/mol. The van der Waals surface area contributed by atoms with E-state index in [1.54, 1.807) is 25.3 Å². The molecule has 2 aromatic carbocycles. The summed E-state index contributed by atoms with van der Waals surface area (Å²) >= 11 is 0. The first-order valence-corrected chi connectivity index (χ1v) is 10.9. The average molecular weight is 458 g/mol. The molecule has 0 bridgehead atoms. The van der Waals surface area contributed by atoms with Crippen LogP contribution in [0.5, 0.6) is 0 Å². The Morgan fingerprint density at radius 1 is 0.971 bits per heavy atom. The Hall–Kier alpha value is -4.46. The summed E-state index contributed by atoms with van der Waals surface area (Å²) in [7, 11) is 1.87. The van der Waals surface area contributed by atoms with Gasteiger partial charge in [-0.2, -0.15) is 0 Å². The van der Waals surface area contributed by atoms with Gasteiger partial charge in [0.2, 0.25) is 5.78 Å². The number of nitrogens with one attached hydrogen (secondary N) is 3. The summed E-state index contributed by atoms with van der Waals surface area (Å²) in [5, 5.41) is 6.29. The van der Waals surface area contributed by atoms with E-state index in [1.165, 1.54) is 0 Å². The van der Waals surface area contributed by atoms with Gasteiger partial charge in [-0.25, -0.2) is 14.3 Å². The van der Waals surface area contributed by atoms with Crippen LogP contribution >= 0.6 is 0 Å². The molecular formula is C26H25N4O4+. The van der Waals surface area contributed by atoms with E-state index in [2.05, 4.69) is 15.6 Å². The molecule has 0 spiro atoms. The van der Waals surface area contributed by atoms with Crippen LogP contribution in [-0.4, -0.2) is 22.8 Å². The highest BCUT2D eigenvalue weighted by atomic mass is 16.5. The fourth-order valence-corrected chi connectivity index (χ4v) is 3.64. The molecule has 0 aliphatic carbocycles. The van der Waals surface area contributed by atoms with Crippen LogP contribution in [0.4, 0.5) is 16.2 Å². The number of carbonyl (C=O) groups excluding carboxylic acids is 3. The summed E-state index contributed by atoms with van der Waals surface area (Å²) in [5.41, 5.74) is 4.59. The number of fused-ring (bicyclic) bond motifs is 1. The fourth-order valence-electron chi connectivity index (χ4n) is 3.64. The van der Waals surface area contributed by atoms with Gasteiger partial charge in [-0.15, -0.1) is 0 Å². The summed E-state index contributed by atoms with van der Waals surface area (Å²) < 4.78 is 7.20. The van der Waals surface area contributed by atoms with Gasteiger partial charge in [-0.05, 0) is 29.3 Å². The zero-order valence-electron chi connectivity index (χ0n) is 18.9. The summed E-state index contributed by atoms with van der Waals surface area (Å²) in [4.78, 5) is 39.2. The monoisotopic (exact) mass is 457 g/mol. The Balaban J connectivity index is 1.56. The number of aryl methyl sites for hydroxylation is 1. The number of nitrogens with zero attached hydrogens (tertiary/aromatic N) is 1. The molecule has 0 saturated heterocycles. The lowest BCUT2D eigenvalue weighted by Crippen LogP contribution is -2.30. The number of H-pyrrole nitrogens is 1. The van der Waals surface area contributed by atoms with Crippen LogP contribution < -0.4 is 15.2 Å². The Morgan fingerprint density at radius 2 is 1.76 bits per heavy atom. The zero-order chi connectivity index (χ0) is 24.1. The number of rotatable bonds is 7. The van der Waals surface area contributed by atoms with E-state index in [9.17, 15) is 14.4 Å². The van der Waals surface area contributed by atoms with Gasteiger partial charge >= 0.3 is 6.09 Å². The number of carbonyl (C=O) groups is 3. The van der Waals surface area contributed by atoms with Crippen molar-refractivity contribution in [3.8, 4) is 11.1 Å². The number of Topliss-reactive ketones (excluding diaryl/α,β-unsaturated/α-hetero) is 1. The predicted molar refractivity (Wildman–Crippen MR) is 129 cm³/mol. The van der Waals surface area contributed by atoms with E-state index in [-0.39, 0.29) is 13.0 Å². The Morgan fingerprint density at radius 3 is 2.53 bits per heavy atom. The van der Waals surface area contributed by atoms with Crippen molar-refractivity contribution in [3.05, 3.63) is 78.6 Å². The lowest BCUT2D eigenvalue weighted by Gasteiger charge is -2.08. The maximum Gasteiger partial charge on any atom is 0.412 e. The molecule has 4 aromatic rings. The number of aromatic nitrogens is 2. The van der Waals surface area contributed by atoms with Gasteiger partial charge in [0.05, 0.1) is 24.3 Å². The second kappa shape index (κ2) is 9.99. The number of hydrogen-bond donors (Lipinski definition) is 3. The van der Waals surface area contributed by atoms with Crippen LogP contribution in [0.25, 0.3) is 22.2 Å². The molecule has 8 nitrogen and oxygen atoms in total. The van der Waals surface area contributed by atoms with Gasteiger partial charge in [0.1, 0.15) is 12.8 Å². The van der Waals surface area contributed by atoms with E-state index in [4.69, 9.17) is 4.74 Å². The molecule has 34 heavy (non-hydrogen) atoms. The van der Waals surface area contributed by atoms with Crippen molar-refractivity contribution in [1.29, 1.82) is 0 Å². The molecule has 0 atom stereocenters. The lowest BCUT2D eigenvalue weighted by atomic mass is 10.0. The Kier molecular flexibility index (Phi) is 6.68. The third-order valence-electron chi connectivity index (χ3n) is 5.35. The summed E-state index contributed by atoms with van der Waals surface area (Å²) in [6, 6.07) is 18.6. The molecule has 0 unspecified atom stereocenters. The summed E-state index contributed by atoms with van der Waals surface area (Å²) in [5.74, 6) is -1.11. The van der Waals surface area contributed by atoms with Crippen molar-refractivity contribution in [2.45, 2.75) is 20.0 Å². The molecule has 8 heteroatoms. The van der Waals surface area contributed by atoms with Crippen LogP contribution in [0.2, 0.25) is 0 Å². The fraction of sp³-hybridized carbons (Fsp3) is 0.154. The SMILES string of the molecule is CCC(=O)C(=O)Nc1cccc(-c2c[nH]c3c2cc(NC(=O)OCc2ccccc2)c[n+]3C)c1. The van der Waals surface area contributed by atoms with Gasteiger partial charge in [0.25, 0.3) is 11.6 Å². The minimum atomic E-state index is -0.634. The first kappa shape index (κ1) is 22.7. The number of aromatic amines is 1. The number of pyridine rings is 1. The third-order valence-corrected chi connectivity index (χ3v) is 5.35. The van der Waals surface area contributed by atoms with E-state index in [1.807, 2.05) is 66.3 Å². The van der Waals surface area contributed by atoms with E-state index >= 15 is 0 Å². The van der Waals surface area contributed by atoms with Crippen molar-refractivity contribution in [3.63, 3.8) is 0 Å². The number of hydrogen-bond acceptors (Lipinski definition) is 4. The first-order chi connectivity index (χ1) is 16.4. The summed E-state index contributed by atoms with van der Waals surface area (Å²) in [6.07, 6.45) is 3.25. The standard InChI is InChI=1S/C26H24N4O4/c1-3-23(31)25(32)28-19-11-7-10-18(12-19)22-14-27-24-21(22)13-20(15-30(24)2)29-26(33)34-16-17-8-5-4-6-9-17/h4-15H,3,16H2,1-2H3,(H2,28,29,32,33)/p+1. The van der Waals surface area contributed by atoms with Crippen molar-refractivity contribution < 1.29 is 23.7 Å². The topological polar surface area (TPSA) is 104 Å². The van der Waals surface area contributed by atoms with E-state index < -0.39 is 17.8 Å². The number of anilines is 2. The summed E-state index contributed by atoms with van der Waals surface area (Å²) in [6.45, 7) is 1.82. The van der Waals surface area contributed by atoms with Crippen LogP contribution in [0.1, 0.15) is 18.9 Å². The highest BCUT2D eigenvalue weighted by Gasteiger charge is 2.17. The van der Waals surface area contributed by atoms with Crippen molar-refractivity contribution in [2.24, 2.45) is 7.05 Å². The number of benzene rings is 2. The lowest BCUT2D eigenvalue weighted by molar-refractivity contribution is -0.646. The van der Waals surface area contributed by atoms with Crippen molar-refractivity contribution in [2.75, 3.05) is 10.6 Å². The molecule has 2 aromatic heterocycles. The maximum absolute atomic E-state index is 12.3. The second-order valence-electron chi connectivity index (χ2n) is 7.80. The van der Waals surface area contributed by atoms with Gasteiger partial charge < -0.3 is 10.1 Å². The van der Waals surface area contributed by atoms with Gasteiger partial charge in [0, 0.05) is 17.7 Å². The largest absolute Gasteiger partial charge is 0.444 e. The van der Waals surface area contributed by atoms with Crippen molar-refractivity contribution >= 4 is 40.2 Å². The van der Waals surface area contributed by atoms with Gasteiger partial charge in [-0.1, -0.05) is 49.4 Å². The second-order valence-corrected chi connectivity index (χ2v) is 7.80. The first-order valence-electron chi connectivity index (χ1n) is 10.9. The van der Waals surface area contributed by atoms with Crippen LogP contribution in [-0.2, 0) is 28.0 Å². The molecule has 2 heterocycles. The number of ether oxygens (including phenoxy) is 1. The molecule has 0 saturated carbocycles. The van der Waals surface area contributed by atoms with Gasteiger partial charge in [0.15, 0.2) is 0 Å². The minimum Gasteiger partial charge on any atom is -0.444 e. The van der Waals surface area contributed by atoms with E-state index in [0.29, 0.717) is 11.4 Å². The molecule has 0 radical (unpaired) electrons. The quantitative estimate of drug-likeness (QED) is 0.284. The molecule has 0 aliphatic heterocycles. The smallest absolute Gasteiger partial charge is 0.412 e. The highest BCUT2D eigenvalue weighted by Crippen LogP contribution is 2.30. The van der Waals surface area contributed by atoms with Crippen LogP contribution in [0, 0.1) is 0 Å². The molecule has 3 N–H and O–H groups in total. The highest BCUT2D eigenvalue weighted by molar-refractivity contribution is 6.40. The Bertz CT molecular complexity index is 1360. The minimum absolute atomic E-state index is 0.147. The van der Waals surface area contributed by atoms with Crippen molar-refractivity contribution in [1.82, 2.24) is 4.98 Å². The number of ketones is 1. The number of amides is 2. The zero-order valence-corrected chi connectivity index (χ0v) is 18.9. The molecule has 4 rings (SSSR count). The molecule has 0 fully saturated rings. The maximum atomic E-state index is 12.3. The molecule has 172 valence electrons. The average Bonchev–Trinajstić information content (AvgIpc) is 3.27.